The topological polar surface area (TPSA) is 56.7 Å². The van der Waals surface area contributed by atoms with Crippen LogP contribution >= 0.6 is 11.6 Å². The summed E-state index contributed by atoms with van der Waals surface area (Å²) in [6.07, 6.45) is 0. The molecule has 0 saturated heterocycles. The predicted octanol–water partition coefficient (Wildman–Crippen LogP) is 1.83. The fraction of sp³-hybridized carbons (Fsp3) is 0.273. The van der Waals surface area contributed by atoms with Crippen LogP contribution in [0, 0.1) is 6.92 Å². The highest BCUT2D eigenvalue weighted by Gasteiger charge is 2.17. The van der Waals surface area contributed by atoms with Crippen LogP contribution in [0.4, 0.5) is 0 Å². The summed E-state index contributed by atoms with van der Waals surface area (Å²) in [7, 11) is 1.89. The maximum Gasteiger partial charge on any atom is 0.154 e. The van der Waals surface area contributed by atoms with Crippen molar-refractivity contribution < 1.29 is 0 Å². The van der Waals surface area contributed by atoms with Crippen molar-refractivity contribution in [1.29, 1.82) is 0 Å². The summed E-state index contributed by atoms with van der Waals surface area (Å²) in [5.74, 6) is 1.54. The molecular formula is C11H13ClN4. The molecule has 0 aliphatic carbocycles. The summed E-state index contributed by atoms with van der Waals surface area (Å²) in [6, 6.07) is 7.15. The van der Waals surface area contributed by atoms with Crippen molar-refractivity contribution in [2.45, 2.75) is 13.0 Å². The normalized spacial score (nSPS) is 12.8. The first kappa shape index (κ1) is 11.1. The van der Waals surface area contributed by atoms with E-state index < -0.39 is 0 Å². The van der Waals surface area contributed by atoms with Crippen molar-refractivity contribution in [1.82, 2.24) is 14.8 Å². The lowest BCUT2D eigenvalue weighted by molar-refractivity contribution is 0.706. The maximum atomic E-state index is 6.12. The molecule has 84 valence electrons. The van der Waals surface area contributed by atoms with Gasteiger partial charge in [-0.2, -0.15) is 0 Å². The zero-order valence-electron chi connectivity index (χ0n) is 9.18. The summed E-state index contributed by atoms with van der Waals surface area (Å²) in [5, 5.41) is 8.69. The standard InChI is InChI=1S/C11H13ClN4/c1-7-14-15-11(16(7)2)10(13)8-5-3-4-6-9(8)12/h3-6,10H,13H2,1-2H3. The number of nitrogens with two attached hydrogens (primary N) is 1. The van der Waals surface area contributed by atoms with Crippen molar-refractivity contribution in [3.05, 3.63) is 46.5 Å². The maximum absolute atomic E-state index is 6.12. The van der Waals surface area contributed by atoms with Crippen LogP contribution in [0.25, 0.3) is 0 Å². The Balaban J connectivity index is 2.43. The quantitative estimate of drug-likeness (QED) is 0.866. The van der Waals surface area contributed by atoms with Crippen molar-refractivity contribution in [2.24, 2.45) is 12.8 Å². The van der Waals surface area contributed by atoms with Gasteiger partial charge in [-0.25, -0.2) is 0 Å². The minimum Gasteiger partial charge on any atom is -0.318 e. The van der Waals surface area contributed by atoms with Gasteiger partial charge in [-0.3, -0.25) is 0 Å². The van der Waals surface area contributed by atoms with Gasteiger partial charge in [0.2, 0.25) is 0 Å². The van der Waals surface area contributed by atoms with Crippen LogP contribution in [0.1, 0.15) is 23.3 Å². The number of aryl methyl sites for hydroxylation is 1. The number of benzene rings is 1. The molecule has 2 aromatic rings. The molecule has 2 N–H and O–H groups in total. The van der Waals surface area contributed by atoms with E-state index in [0.29, 0.717) is 10.8 Å². The van der Waals surface area contributed by atoms with Gasteiger partial charge in [0.15, 0.2) is 5.82 Å². The molecule has 0 aliphatic heterocycles. The molecule has 0 spiro atoms. The zero-order valence-corrected chi connectivity index (χ0v) is 9.94. The minimum atomic E-state index is -0.347. The molecule has 1 unspecified atom stereocenters. The molecule has 0 radical (unpaired) electrons. The minimum absolute atomic E-state index is 0.347. The first-order valence-electron chi connectivity index (χ1n) is 4.97. The van der Waals surface area contributed by atoms with Crippen LogP contribution in [0.15, 0.2) is 24.3 Å². The monoisotopic (exact) mass is 236 g/mol. The zero-order chi connectivity index (χ0) is 11.7. The Morgan fingerprint density at radius 2 is 2.00 bits per heavy atom. The van der Waals surface area contributed by atoms with Crippen molar-refractivity contribution in [2.75, 3.05) is 0 Å². The van der Waals surface area contributed by atoms with E-state index in [4.69, 9.17) is 17.3 Å². The van der Waals surface area contributed by atoms with E-state index in [1.165, 1.54) is 0 Å². The second kappa shape index (κ2) is 4.23. The second-order valence-electron chi connectivity index (χ2n) is 3.66. The van der Waals surface area contributed by atoms with E-state index >= 15 is 0 Å². The van der Waals surface area contributed by atoms with E-state index in [0.717, 1.165) is 11.4 Å². The summed E-state index contributed by atoms with van der Waals surface area (Å²) in [6.45, 7) is 1.88. The molecule has 16 heavy (non-hydrogen) atoms. The molecular weight excluding hydrogens is 224 g/mol. The Labute approximate surface area is 99.1 Å². The van der Waals surface area contributed by atoms with Gasteiger partial charge < -0.3 is 10.3 Å². The Kier molecular flexibility index (Phi) is 2.94. The van der Waals surface area contributed by atoms with Crippen molar-refractivity contribution in [3.8, 4) is 0 Å². The van der Waals surface area contributed by atoms with Crippen LogP contribution in [0.3, 0.4) is 0 Å². The fourth-order valence-corrected chi connectivity index (χ4v) is 1.81. The molecule has 0 saturated carbocycles. The van der Waals surface area contributed by atoms with Crippen molar-refractivity contribution >= 4 is 11.6 Å². The highest BCUT2D eigenvalue weighted by Crippen LogP contribution is 2.24. The Bertz CT molecular complexity index is 506. The number of aromatic nitrogens is 3. The van der Waals surface area contributed by atoms with Crippen LogP contribution < -0.4 is 5.73 Å². The SMILES string of the molecule is Cc1nnc(C(N)c2ccccc2Cl)n1C. The Morgan fingerprint density at radius 1 is 1.31 bits per heavy atom. The molecule has 4 nitrogen and oxygen atoms in total. The van der Waals surface area contributed by atoms with Gasteiger partial charge in [-0.1, -0.05) is 29.8 Å². The van der Waals surface area contributed by atoms with Gasteiger partial charge in [-0.05, 0) is 18.6 Å². The number of hydrogen-bond acceptors (Lipinski definition) is 3. The van der Waals surface area contributed by atoms with Crippen LogP contribution in [-0.2, 0) is 7.05 Å². The molecule has 1 heterocycles. The van der Waals surface area contributed by atoms with E-state index in [1.807, 2.05) is 42.8 Å². The lowest BCUT2D eigenvalue weighted by Crippen LogP contribution is -2.17. The van der Waals surface area contributed by atoms with Gasteiger partial charge in [0, 0.05) is 12.1 Å². The van der Waals surface area contributed by atoms with Gasteiger partial charge >= 0.3 is 0 Å². The van der Waals surface area contributed by atoms with Gasteiger partial charge in [0.25, 0.3) is 0 Å². The smallest absolute Gasteiger partial charge is 0.154 e. The van der Waals surface area contributed by atoms with Crippen LogP contribution in [0.2, 0.25) is 5.02 Å². The summed E-state index contributed by atoms with van der Waals surface area (Å²) in [4.78, 5) is 0. The molecule has 1 atom stereocenters. The number of hydrogen-bond donors (Lipinski definition) is 1. The predicted molar refractivity (Wildman–Crippen MR) is 63.2 cm³/mol. The average molecular weight is 237 g/mol. The summed E-state index contributed by atoms with van der Waals surface area (Å²) < 4.78 is 1.87. The van der Waals surface area contributed by atoms with Gasteiger partial charge in [0.1, 0.15) is 5.82 Å². The first-order chi connectivity index (χ1) is 7.61. The molecule has 0 fully saturated rings. The third kappa shape index (κ3) is 1.81. The van der Waals surface area contributed by atoms with E-state index in [-0.39, 0.29) is 6.04 Å². The first-order valence-corrected chi connectivity index (χ1v) is 5.35. The van der Waals surface area contributed by atoms with Gasteiger partial charge in [0.05, 0.1) is 6.04 Å². The molecule has 1 aromatic carbocycles. The molecule has 2 rings (SSSR count). The fourth-order valence-electron chi connectivity index (χ4n) is 1.56. The van der Waals surface area contributed by atoms with E-state index in [1.54, 1.807) is 0 Å². The third-order valence-corrected chi connectivity index (χ3v) is 2.99. The van der Waals surface area contributed by atoms with E-state index in [2.05, 4.69) is 10.2 Å². The third-order valence-electron chi connectivity index (χ3n) is 2.64. The summed E-state index contributed by atoms with van der Waals surface area (Å²) in [5.41, 5.74) is 6.98. The van der Waals surface area contributed by atoms with E-state index in [9.17, 15) is 0 Å². The van der Waals surface area contributed by atoms with Crippen LogP contribution in [0.5, 0.6) is 0 Å². The molecule has 0 amide bonds. The second-order valence-corrected chi connectivity index (χ2v) is 4.07. The highest BCUT2D eigenvalue weighted by molar-refractivity contribution is 6.31. The van der Waals surface area contributed by atoms with Gasteiger partial charge in [-0.15, -0.1) is 10.2 Å². The largest absolute Gasteiger partial charge is 0.318 e. The van der Waals surface area contributed by atoms with Crippen LogP contribution in [-0.4, -0.2) is 14.8 Å². The number of nitrogens with zero attached hydrogens (tertiary/aromatic N) is 3. The molecule has 0 bridgehead atoms. The molecule has 1 aromatic heterocycles. The number of rotatable bonds is 2. The Hall–Kier alpha value is -1.39. The lowest BCUT2D eigenvalue weighted by Gasteiger charge is -2.12. The highest BCUT2D eigenvalue weighted by atomic mass is 35.5. The average Bonchev–Trinajstić information content (AvgIpc) is 2.60. The lowest BCUT2D eigenvalue weighted by atomic mass is 10.1. The molecule has 0 aliphatic rings. The Morgan fingerprint density at radius 3 is 2.56 bits per heavy atom. The summed E-state index contributed by atoms with van der Waals surface area (Å²) >= 11 is 6.09. The molecule has 5 heteroatoms. The van der Waals surface area contributed by atoms with Crippen molar-refractivity contribution in [3.63, 3.8) is 0 Å². The number of halogens is 1.